The first-order chi connectivity index (χ1) is 9.65. The fourth-order valence-electron chi connectivity index (χ4n) is 2.41. The van der Waals surface area contributed by atoms with Crippen molar-refractivity contribution in [3.63, 3.8) is 0 Å². The average Bonchev–Trinajstić information content (AvgIpc) is 2.51. The Balaban J connectivity index is 2.24. The highest BCUT2D eigenvalue weighted by atomic mass is 16.3. The number of hydrogen-bond acceptors (Lipinski definition) is 4. The number of benzene rings is 1. The zero-order chi connectivity index (χ0) is 14.6. The van der Waals surface area contributed by atoms with Crippen LogP contribution in [0.1, 0.15) is 26.7 Å². The minimum absolute atomic E-state index is 0.0837. The van der Waals surface area contributed by atoms with Crippen LogP contribution in [0.4, 0.5) is 11.4 Å². The van der Waals surface area contributed by atoms with Crippen LogP contribution in [0.25, 0.3) is 10.8 Å². The molecule has 0 unspecified atom stereocenters. The Hall–Kier alpha value is -1.81. The fraction of sp³-hybridized carbons (Fsp3) is 0.438. The van der Waals surface area contributed by atoms with E-state index in [1.807, 2.05) is 24.4 Å². The summed E-state index contributed by atoms with van der Waals surface area (Å²) in [5, 5.41) is 15.1. The van der Waals surface area contributed by atoms with Gasteiger partial charge in [-0.05, 0) is 25.0 Å². The highest BCUT2D eigenvalue weighted by Gasteiger charge is 2.25. The summed E-state index contributed by atoms with van der Waals surface area (Å²) >= 11 is 0. The third-order valence-corrected chi connectivity index (χ3v) is 4.35. The summed E-state index contributed by atoms with van der Waals surface area (Å²) in [5.41, 5.74) is 7.80. The molecule has 0 atom stereocenters. The molecule has 0 aliphatic rings. The molecule has 1 aromatic carbocycles. The van der Waals surface area contributed by atoms with Crippen molar-refractivity contribution in [1.82, 2.24) is 4.98 Å². The van der Waals surface area contributed by atoms with E-state index >= 15 is 0 Å². The topological polar surface area (TPSA) is 71.2 Å². The number of nitrogens with two attached hydrogens (primary N) is 1. The molecule has 0 spiro atoms. The SMILES string of the molecule is CCC(CC)(CO)CNc1ccc2cnccc2c1N. The predicted molar refractivity (Wildman–Crippen MR) is 84.7 cm³/mol. The third kappa shape index (κ3) is 2.70. The number of rotatable bonds is 6. The van der Waals surface area contributed by atoms with Gasteiger partial charge in [0, 0.05) is 35.1 Å². The Bertz CT molecular complexity index is 571. The van der Waals surface area contributed by atoms with Crippen molar-refractivity contribution >= 4 is 22.1 Å². The maximum absolute atomic E-state index is 9.62. The van der Waals surface area contributed by atoms with Crippen LogP contribution in [0, 0.1) is 5.41 Å². The smallest absolute Gasteiger partial charge is 0.0630 e. The van der Waals surface area contributed by atoms with Gasteiger partial charge in [-0.15, -0.1) is 0 Å². The summed E-state index contributed by atoms with van der Waals surface area (Å²) in [4.78, 5) is 4.10. The van der Waals surface area contributed by atoms with Gasteiger partial charge in [-0.2, -0.15) is 0 Å². The first-order valence-electron chi connectivity index (χ1n) is 7.12. The fourth-order valence-corrected chi connectivity index (χ4v) is 2.41. The van der Waals surface area contributed by atoms with Crippen molar-refractivity contribution in [3.8, 4) is 0 Å². The van der Waals surface area contributed by atoms with Crippen LogP contribution < -0.4 is 11.1 Å². The lowest BCUT2D eigenvalue weighted by atomic mass is 9.83. The summed E-state index contributed by atoms with van der Waals surface area (Å²) in [5.74, 6) is 0. The van der Waals surface area contributed by atoms with Crippen LogP contribution in [0.2, 0.25) is 0 Å². The predicted octanol–water partition coefficient (Wildman–Crippen LogP) is 3.03. The molecule has 2 aromatic rings. The maximum Gasteiger partial charge on any atom is 0.0630 e. The van der Waals surface area contributed by atoms with Crippen LogP contribution in [0.5, 0.6) is 0 Å². The highest BCUT2D eigenvalue weighted by Crippen LogP contribution is 2.31. The largest absolute Gasteiger partial charge is 0.397 e. The molecule has 4 heteroatoms. The number of fused-ring (bicyclic) bond motifs is 1. The molecule has 4 N–H and O–H groups in total. The van der Waals surface area contributed by atoms with E-state index in [2.05, 4.69) is 24.1 Å². The van der Waals surface area contributed by atoms with Gasteiger partial charge in [-0.1, -0.05) is 19.9 Å². The van der Waals surface area contributed by atoms with Gasteiger partial charge in [0.1, 0.15) is 0 Å². The van der Waals surface area contributed by atoms with E-state index in [-0.39, 0.29) is 12.0 Å². The lowest BCUT2D eigenvalue weighted by molar-refractivity contribution is 0.127. The molecular formula is C16H23N3O. The van der Waals surface area contributed by atoms with Crippen molar-refractivity contribution in [2.24, 2.45) is 5.41 Å². The number of aromatic nitrogens is 1. The van der Waals surface area contributed by atoms with Crippen LogP contribution in [0.15, 0.2) is 30.6 Å². The van der Waals surface area contributed by atoms with Crippen molar-refractivity contribution in [2.75, 3.05) is 24.2 Å². The number of pyridine rings is 1. The Morgan fingerprint density at radius 2 is 2.00 bits per heavy atom. The number of anilines is 2. The molecule has 4 nitrogen and oxygen atoms in total. The molecule has 0 aliphatic carbocycles. The Kier molecular flexibility index (Phi) is 4.45. The number of hydrogen-bond donors (Lipinski definition) is 3. The molecule has 0 bridgehead atoms. The normalized spacial score (nSPS) is 11.8. The van der Waals surface area contributed by atoms with Gasteiger partial charge in [-0.25, -0.2) is 0 Å². The van der Waals surface area contributed by atoms with Crippen molar-refractivity contribution in [2.45, 2.75) is 26.7 Å². The molecule has 0 aliphatic heterocycles. The van der Waals surface area contributed by atoms with Gasteiger partial charge in [0.15, 0.2) is 0 Å². The average molecular weight is 273 g/mol. The van der Waals surface area contributed by atoms with Crippen LogP contribution in [-0.2, 0) is 0 Å². The second-order valence-corrected chi connectivity index (χ2v) is 5.34. The van der Waals surface area contributed by atoms with Crippen LogP contribution in [-0.4, -0.2) is 23.2 Å². The number of nitrogens with zero attached hydrogens (tertiary/aromatic N) is 1. The molecule has 1 aromatic heterocycles. The van der Waals surface area contributed by atoms with E-state index in [4.69, 9.17) is 5.73 Å². The lowest BCUT2D eigenvalue weighted by Crippen LogP contribution is -2.32. The van der Waals surface area contributed by atoms with E-state index in [9.17, 15) is 5.11 Å². The van der Waals surface area contributed by atoms with Crippen molar-refractivity contribution < 1.29 is 5.11 Å². The summed E-state index contributed by atoms with van der Waals surface area (Å²) < 4.78 is 0. The summed E-state index contributed by atoms with van der Waals surface area (Å²) in [6.45, 7) is 5.12. The summed E-state index contributed by atoms with van der Waals surface area (Å²) in [7, 11) is 0. The van der Waals surface area contributed by atoms with Crippen LogP contribution >= 0.6 is 0 Å². The third-order valence-electron chi connectivity index (χ3n) is 4.35. The molecule has 0 amide bonds. The first kappa shape index (κ1) is 14.6. The van der Waals surface area contributed by atoms with Crippen molar-refractivity contribution in [3.05, 3.63) is 30.6 Å². The van der Waals surface area contributed by atoms with E-state index in [1.54, 1.807) is 6.20 Å². The van der Waals surface area contributed by atoms with Gasteiger partial charge in [0.25, 0.3) is 0 Å². The molecule has 0 radical (unpaired) electrons. The monoisotopic (exact) mass is 273 g/mol. The lowest BCUT2D eigenvalue weighted by Gasteiger charge is -2.30. The Labute approximate surface area is 120 Å². The second kappa shape index (κ2) is 6.09. The molecule has 20 heavy (non-hydrogen) atoms. The van der Waals surface area contributed by atoms with Gasteiger partial charge in [0.05, 0.1) is 18.0 Å². The Morgan fingerprint density at radius 1 is 1.25 bits per heavy atom. The minimum atomic E-state index is -0.0837. The first-order valence-corrected chi connectivity index (χ1v) is 7.12. The van der Waals surface area contributed by atoms with Crippen LogP contribution in [0.3, 0.4) is 0 Å². The zero-order valence-corrected chi connectivity index (χ0v) is 12.2. The number of aliphatic hydroxyl groups excluding tert-OH is 1. The highest BCUT2D eigenvalue weighted by molar-refractivity contribution is 5.98. The zero-order valence-electron chi connectivity index (χ0n) is 12.2. The molecule has 0 fully saturated rings. The number of aliphatic hydroxyl groups is 1. The van der Waals surface area contributed by atoms with Gasteiger partial charge in [0.2, 0.25) is 0 Å². The van der Waals surface area contributed by atoms with Gasteiger partial charge >= 0.3 is 0 Å². The van der Waals surface area contributed by atoms with Crippen molar-refractivity contribution in [1.29, 1.82) is 0 Å². The van der Waals surface area contributed by atoms with E-state index < -0.39 is 0 Å². The molecular weight excluding hydrogens is 250 g/mol. The molecule has 1 heterocycles. The van der Waals surface area contributed by atoms with E-state index in [1.165, 1.54) is 0 Å². The summed E-state index contributed by atoms with van der Waals surface area (Å²) in [6.07, 6.45) is 5.43. The molecule has 108 valence electrons. The van der Waals surface area contributed by atoms with E-state index in [0.717, 1.165) is 41.5 Å². The molecule has 0 saturated heterocycles. The Morgan fingerprint density at radius 3 is 2.65 bits per heavy atom. The standard InChI is InChI=1S/C16H23N3O/c1-3-16(4-2,11-20)10-19-14-6-5-12-9-18-8-7-13(12)15(14)17/h5-9,19-20H,3-4,10-11,17H2,1-2H3. The quantitative estimate of drug-likeness (QED) is 0.707. The minimum Gasteiger partial charge on any atom is -0.397 e. The number of nitrogens with one attached hydrogen (secondary N) is 1. The maximum atomic E-state index is 9.62. The molecule has 2 rings (SSSR count). The number of nitrogen functional groups attached to an aromatic ring is 1. The molecule has 0 saturated carbocycles. The second-order valence-electron chi connectivity index (χ2n) is 5.34. The van der Waals surface area contributed by atoms with Gasteiger partial charge in [-0.3, -0.25) is 4.98 Å². The summed E-state index contributed by atoms with van der Waals surface area (Å²) in [6, 6.07) is 5.92. The van der Waals surface area contributed by atoms with Gasteiger partial charge < -0.3 is 16.2 Å². The van der Waals surface area contributed by atoms with E-state index in [0.29, 0.717) is 0 Å².